The highest BCUT2D eigenvalue weighted by Gasteiger charge is 2.21. The van der Waals surface area contributed by atoms with Crippen LogP contribution >= 0.6 is 35.3 Å². The van der Waals surface area contributed by atoms with Gasteiger partial charge in [-0.2, -0.15) is 0 Å². The number of carbonyl (C=O) groups excluding carboxylic acids is 1. The molecule has 0 bridgehead atoms. The molecule has 0 aliphatic rings. The quantitative estimate of drug-likeness (QED) is 0.318. The van der Waals surface area contributed by atoms with E-state index < -0.39 is 0 Å². The second kappa shape index (κ2) is 10.8. The SMILES string of the molecule is Cc1ccc(OCC(=O)N(CCCn2ccnc2)c2nc3c(C)ccc(Cl)c3s2)cc1.Cl. The molecule has 0 spiro atoms. The average Bonchev–Trinajstić information content (AvgIpc) is 3.44. The van der Waals surface area contributed by atoms with Gasteiger partial charge in [-0.15, -0.1) is 12.4 Å². The minimum atomic E-state index is -0.140. The molecule has 2 aromatic carbocycles. The number of carbonyl (C=O) groups is 1. The van der Waals surface area contributed by atoms with Crippen molar-refractivity contribution < 1.29 is 9.53 Å². The third-order valence-corrected chi connectivity index (χ3v) is 6.50. The molecule has 1 amide bonds. The number of aryl methyl sites for hydroxylation is 3. The van der Waals surface area contributed by atoms with E-state index in [1.807, 2.05) is 61.0 Å². The van der Waals surface area contributed by atoms with Crippen molar-refractivity contribution >= 4 is 56.6 Å². The minimum absolute atomic E-state index is 0. The smallest absolute Gasteiger partial charge is 0.266 e. The molecule has 0 unspecified atom stereocenters. The van der Waals surface area contributed by atoms with Crippen LogP contribution in [0.2, 0.25) is 5.02 Å². The van der Waals surface area contributed by atoms with Crippen LogP contribution in [0, 0.1) is 13.8 Å². The summed E-state index contributed by atoms with van der Waals surface area (Å²) in [5.41, 5.74) is 3.00. The fraction of sp³-hybridized carbons (Fsp3) is 0.261. The van der Waals surface area contributed by atoms with Crippen molar-refractivity contribution in [1.82, 2.24) is 14.5 Å². The maximum atomic E-state index is 13.1. The Balaban J connectivity index is 0.00000289. The maximum Gasteiger partial charge on any atom is 0.266 e. The summed E-state index contributed by atoms with van der Waals surface area (Å²) in [7, 11) is 0. The first-order chi connectivity index (χ1) is 15.0. The van der Waals surface area contributed by atoms with Crippen LogP contribution in [0.4, 0.5) is 5.13 Å². The first kappa shape index (κ1) is 24.0. The number of halogens is 2. The number of amides is 1. The molecule has 2 heterocycles. The number of fused-ring (bicyclic) bond motifs is 1. The monoisotopic (exact) mass is 490 g/mol. The molecule has 0 aliphatic carbocycles. The third kappa shape index (κ3) is 5.59. The van der Waals surface area contributed by atoms with E-state index in [0.29, 0.717) is 22.4 Å². The second-order valence-electron chi connectivity index (χ2n) is 7.34. The van der Waals surface area contributed by atoms with E-state index >= 15 is 0 Å². The van der Waals surface area contributed by atoms with E-state index in [1.165, 1.54) is 11.3 Å². The van der Waals surface area contributed by atoms with Crippen molar-refractivity contribution in [2.45, 2.75) is 26.8 Å². The van der Waals surface area contributed by atoms with E-state index in [0.717, 1.165) is 34.3 Å². The number of rotatable bonds is 8. The molecule has 168 valence electrons. The van der Waals surface area contributed by atoms with Crippen molar-refractivity contribution in [1.29, 1.82) is 0 Å². The Bertz CT molecular complexity index is 1140. The van der Waals surface area contributed by atoms with Gasteiger partial charge in [0.15, 0.2) is 11.7 Å². The van der Waals surface area contributed by atoms with Gasteiger partial charge in [-0.1, -0.05) is 46.7 Å². The standard InChI is InChI=1S/C23H23ClN4O2S.ClH/c1-16-4-7-18(8-5-16)30-14-20(29)28(12-3-11-27-13-10-25-15-27)23-26-21-17(2)6-9-19(24)22(21)31-23;/h4-10,13,15H,3,11-12,14H2,1-2H3;1H. The topological polar surface area (TPSA) is 60.2 Å². The zero-order valence-electron chi connectivity index (χ0n) is 17.8. The Labute approximate surface area is 202 Å². The number of thiazole rings is 1. The van der Waals surface area contributed by atoms with Crippen LogP contribution in [0.15, 0.2) is 55.1 Å². The van der Waals surface area contributed by atoms with Gasteiger partial charge < -0.3 is 9.30 Å². The minimum Gasteiger partial charge on any atom is -0.484 e. The molecule has 0 atom stereocenters. The highest BCUT2D eigenvalue weighted by atomic mass is 35.5. The zero-order chi connectivity index (χ0) is 21.8. The fourth-order valence-electron chi connectivity index (χ4n) is 3.22. The summed E-state index contributed by atoms with van der Waals surface area (Å²) in [4.78, 5) is 23.6. The van der Waals surface area contributed by atoms with Crippen LogP contribution in [0.25, 0.3) is 10.2 Å². The van der Waals surface area contributed by atoms with E-state index in [-0.39, 0.29) is 24.9 Å². The molecule has 0 fully saturated rings. The number of hydrogen-bond acceptors (Lipinski definition) is 5. The highest BCUT2D eigenvalue weighted by molar-refractivity contribution is 7.23. The molecule has 6 nitrogen and oxygen atoms in total. The number of ether oxygens (including phenoxy) is 1. The van der Waals surface area contributed by atoms with E-state index in [9.17, 15) is 4.79 Å². The van der Waals surface area contributed by atoms with Gasteiger partial charge in [-0.05, 0) is 44.0 Å². The van der Waals surface area contributed by atoms with Gasteiger partial charge in [-0.25, -0.2) is 9.97 Å². The van der Waals surface area contributed by atoms with Gasteiger partial charge in [-0.3, -0.25) is 9.69 Å². The molecule has 0 saturated carbocycles. The largest absolute Gasteiger partial charge is 0.484 e. The number of nitrogens with zero attached hydrogens (tertiary/aromatic N) is 4. The molecule has 2 aromatic heterocycles. The van der Waals surface area contributed by atoms with E-state index in [1.54, 1.807) is 17.4 Å². The van der Waals surface area contributed by atoms with Crippen molar-refractivity contribution in [2.75, 3.05) is 18.1 Å². The maximum absolute atomic E-state index is 13.1. The van der Waals surface area contributed by atoms with Crippen molar-refractivity contribution in [2.24, 2.45) is 0 Å². The molecule has 0 radical (unpaired) electrons. The highest BCUT2D eigenvalue weighted by Crippen LogP contribution is 2.35. The average molecular weight is 491 g/mol. The van der Waals surface area contributed by atoms with E-state index in [4.69, 9.17) is 21.3 Å². The summed E-state index contributed by atoms with van der Waals surface area (Å²) in [6, 6.07) is 11.5. The molecule has 4 rings (SSSR count). The number of benzene rings is 2. The number of anilines is 1. The van der Waals surface area contributed by atoms with Crippen LogP contribution < -0.4 is 9.64 Å². The van der Waals surface area contributed by atoms with Crippen LogP contribution in [0.3, 0.4) is 0 Å². The third-order valence-electron chi connectivity index (χ3n) is 4.96. The Kier molecular flexibility index (Phi) is 8.12. The Morgan fingerprint density at radius 2 is 1.97 bits per heavy atom. The van der Waals surface area contributed by atoms with Crippen molar-refractivity contribution in [3.8, 4) is 5.75 Å². The predicted molar refractivity (Wildman–Crippen MR) is 132 cm³/mol. The Morgan fingerprint density at radius 3 is 2.66 bits per heavy atom. The van der Waals surface area contributed by atoms with Gasteiger partial charge in [0.25, 0.3) is 5.91 Å². The molecule has 9 heteroatoms. The van der Waals surface area contributed by atoms with Gasteiger partial charge in [0.05, 0.1) is 21.6 Å². The molecular weight excluding hydrogens is 467 g/mol. The number of imidazole rings is 1. The normalized spacial score (nSPS) is 10.7. The van der Waals surface area contributed by atoms with Crippen LogP contribution in [0.1, 0.15) is 17.5 Å². The van der Waals surface area contributed by atoms with Crippen LogP contribution in [-0.4, -0.2) is 33.6 Å². The van der Waals surface area contributed by atoms with Crippen molar-refractivity contribution in [3.63, 3.8) is 0 Å². The number of hydrogen-bond donors (Lipinski definition) is 0. The van der Waals surface area contributed by atoms with Gasteiger partial charge >= 0.3 is 0 Å². The summed E-state index contributed by atoms with van der Waals surface area (Å²) < 4.78 is 8.63. The van der Waals surface area contributed by atoms with Crippen LogP contribution in [-0.2, 0) is 11.3 Å². The lowest BCUT2D eigenvalue weighted by molar-refractivity contribution is -0.120. The molecule has 0 N–H and O–H groups in total. The fourth-order valence-corrected chi connectivity index (χ4v) is 4.58. The molecule has 0 aliphatic heterocycles. The molecular formula is C23H24Cl2N4O2S. The van der Waals surface area contributed by atoms with Gasteiger partial charge in [0.2, 0.25) is 0 Å². The Morgan fingerprint density at radius 1 is 1.19 bits per heavy atom. The summed E-state index contributed by atoms with van der Waals surface area (Å²) in [5.74, 6) is 0.527. The first-order valence-electron chi connectivity index (χ1n) is 10.0. The summed E-state index contributed by atoms with van der Waals surface area (Å²) in [6.07, 6.45) is 6.19. The summed E-state index contributed by atoms with van der Waals surface area (Å²) >= 11 is 7.82. The van der Waals surface area contributed by atoms with Crippen molar-refractivity contribution in [3.05, 3.63) is 71.3 Å². The number of aromatic nitrogens is 3. The molecule has 32 heavy (non-hydrogen) atoms. The lowest BCUT2D eigenvalue weighted by atomic mass is 10.2. The first-order valence-corrected chi connectivity index (χ1v) is 11.2. The molecule has 0 saturated heterocycles. The lowest BCUT2D eigenvalue weighted by Gasteiger charge is -2.20. The van der Waals surface area contributed by atoms with E-state index in [2.05, 4.69) is 4.98 Å². The van der Waals surface area contributed by atoms with Gasteiger partial charge in [0.1, 0.15) is 5.75 Å². The zero-order valence-corrected chi connectivity index (χ0v) is 20.2. The molecule has 4 aromatic rings. The van der Waals surface area contributed by atoms with Gasteiger partial charge in [0, 0.05) is 25.5 Å². The lowest BCUT2D eigenvalue weighted by Crippen LogP contribution is -2.36. The predicted octanol–water partition coefficient (Wildman–Crippen LogP) is 5.69. The van der Waals surface area contributed by atoms with Crippen LogP contribution in [0.5, 0.6) is 5.75 Å². The summed E-state index contributed by atoms with van der Waals surface area (Å²) in [6.45, 7) is 5.22. The second-order valence-corrected chi connectivity index (χ2v) is 8.72. The Hall–Kier alpha value is -2.61. The summed E-state index contributed by atoms with van der Waals surface area (Å²) in [5, 5.41) is 1.28.